The summed E-state index contributed by atoms with van der Waals surface area (Å²) in [5.74, 6) is 0.0727. The van der Waals surface area contributed by atoms with Gasteiger partial charge in [0.25, 0.3) is 5.91 Å². The molecule has 3 N–H and O–H groups in total. The van der Waals surface area contributed by atoms with Gasteiger partial charge in [-0.15, -0.1) is 0 Å². The van der Waals surface area contributed by atoms with E-state index in [9.17, 15) is 14.4 Å². The number of aromatic nitrogens is 2. The van der Waals surface area contributed by atoms with Gasteiger partial charge in [-0.3, -0.25) is 14.9 Å². The zero-order valence-corrected chi connectivity index (χ0v) is 17.6. The van der Waals surface area contributed by atoms with Crippen LogP contribution in [0.1, 0.15) is 28.6 Å². The van der Waals surface area contributed by atoms with Crippen LogP contribution in [0.15, 0.2) is 39.9 Å². The van der Waals surface area contributed by atoms with Crippen molar-refractivity contribution in [3.63, 3.8) is 0 Å². The Bertz CT molecular complexity index is 1100. The number of rotatable bonds is 6. The molecule has 0 bridgehead atoms. The standard InChI is InChI=1S/C20H21N5O4S/c1-4-21-19(28)22-14(26)10-30-20-24-16(15-11(2)12(3)29-18(15)25-20)23-17(27)13-8-6-5-7-9-13/h5-9H,4,10H2,1-3H3,(H2,21,22,26,28)(H,23,24,25,27). The molecule has 0 spiro atoms. The number of imide groups is 1. The van der Waals surface area contributed by atoms with E-state index in [1.54, 1.807) is 38.1 Å². The van der Waals surface area contributed by atoms with Crippen LogP contribution in [-0.4, -0.2) is 40.1 Å². The smallest absolute Gasteiger partial charge is 0.321 e. The zero-order valence-electron chi connectivity index (χ0n) is 16.7. The Balaban J connectivity index is 1.83. The number of amides is 4. The van der Waals surface area contributed by atoms with Crippen LogP contribution in [0.4, 0.5) is 10.6 Å². The number of furan rings is 1. The van der Waals surface area contributed by atoms with Crippen molar-refractivity contribution in [1.29, 1.82) is 0 Å². The molecule has 0 unspecified atom stereocenters. The van der Waals surface area contributed by atoms with Gasteiger partial charge in [0, 0.05) is 17.7 Å². The summed E-state index contributed by atoms with van der Waals surface area (Å²) in [4.78, 5) is 44.7. The fourth-order valence-corrected chi connectivity index (χ4v) is 3.29. The van der Waals surface area contributed by atoms with Crippen LogP contribution in [-0.2, 0) is 4.79 Å². The van der Waals surface area contributed by atoms with Crippen molar-refractivity contribution in [2.24, 2.45) is 0 Å². The summed E-state index contributed by atoms with van der Waals surface area (Å²) >= 11 is 1.03. The molecule has 9 nitrogen and oxygen atoms in total. The molecule has 2 heterocycles. The Labute approximate surface area is 177 Å². The average Bonchev–Trinajstić information content (AvgIpc) is 3.01. The van der Waals surface area contributed by atoms with Gasteiger partial charge in [0.05, 0.1) is 11.1 Å². The lowest BCUT2D eigenvalue weighted by Crippen LogP contribution is -2.40. The van der Waals surface area contributed by atoms with Gasteiger partial charge >= 0.3 is 6.03 Å². The number of thioether (sulfide) groups is 1. The van der Waals surface area contributed by atoms with Crippen LogP contribution in [0, 0.1) is 13.8 Å². The molecule has 3 rings (SSSR count). The highest BCUT2D eigenvalue weighted by Crippen LogP contribution is 2.31. The van der Waals surface area contributed by atoms with E-state index in [0.717, 1.165) is 17.3 Å². The predicted molar refractivity (Wildman–Crippen MR) is 114 cm³/mol. The second kappa shape index (κ2) is 9.40. The van der Waals surface area contributed by atoms with E-state index in [2.05, 4.69) is 25.9 Å². The molecule has 2 aromatic heterocycles. The molecule has 0 fully saturated rings. The zero-order chi connectivity index (χ0) is 21.7. The highest BCUT2D eigenvalue weighted by Gasteiger charge is 2.19. The van der Waals surface area contributed by atoms with Crippen LogP contribution in [0.5, 0.6) is 0 Å². The van der Waals surface area contributed by atoms with Crippen molar-refractivity contribution in [2.45, 2.75) is 25.9 Å². The number of aryl methyl sites for hydroxylation is 2. The summed E-state index contributed by atoms with van der Waals surface area (Å²) in [5.41, 5.74) is 1.62. The maximum atomic E-state index is 12.6. The maximum Gasteiger partial charge on any atom is 0.321 e. The summed E-state index contributed by atoms with van der Waals surface area (Å²) < 4.78 is 5.69. The Morgan fingerprint density at radius 3 is 2.53 bits per heavy atom. The third kappa shape index (κ3) is 4.95. The number of benzene rings is 1. The van der Waals surface area contributed by atoms with E-state index < -0.39 is 11.9 Å². The number of nitrogens with one attached hydrogen (secondary N) is 3. The lowest BCUT2D eigenvalue weighted by atomic mass is 10.2. The van der Waals surface area contributed by atoms with Crippen molar-refractivity contribution < 1.29 is 18.8 Å². The molecule has 0 aliphatic heterocycles. The molecular weight excluding hydrogens is 406 g/mol. The molecule has 4 amide bonds. The van der Waals surface area contributed by atoms with E-state index in [0.29, 0.717) is 34.8 Å². The van der Waals surface area contributed by atoms with Crippen molar-refractivity contribution in [2.75, 3.05) is 17.6 Å². The number of nitrogens with zero attached hydrogens (tertiary/aromatic N) is 2. The molecule has 0 atom stereocenters. The van der Waals surface area contributed by atoms with E-state index in [4.69, 9.17) is 4.42 Å². The minimum Gasteiger partial charge on any atom is -0.443 e. The van der Waals surface area contributed by atoms with E-state index in [-0.39, 0.29) is 16.8 Å². The van der Waals surface area contributed by atoms with Gasteiger partial charge in [-0.1, -0.05) is 30.0 Å². The van der Waals surface area contributed by atoms with Gasteiger partial charge in [-0.05, 0) is 32.9 Å². The van der Waals surface area contributed by atoms with Crippen molar-refractivity contribution in [3.8, 4) is 0 Å². The first-order valence-electron chi connectivity index (χ1n) is 9.23. The first kappa shape index (κ1) is 21.3. The summed E-state index contributed by atoms with van der Waals surface area (Å²) in [6.45, 7) is 5.82. The quantitative estimate of drug-likeness (QED) is 0.408. The van der Waals surface area contributed by atoms with Crippen LogP contribution in [0.2, 0.25) is 0 Å². The van der Waals surface area contributed by atoms with E-state index in [1.807, 2.05) is 13.0 Å². The number of hydrogen-bond donors (Lipinski definition) is 3. The van der Waals surface area contributed by atoms with Crippen molar-refractivity contribution in [3.05, 3.63) is 47.2 Å². The maximum absolute atomic E-state index is 12.6. The SMILES string of the molecule is CCNC(=O)NC(=O)CSc1nc(NC(=O)c2ccccc2)c2c(C)c(C)oc2n1. The number of carbonyl (C=O) groups excluding carboxylic acids is 3. The lowest BCUT2D eigenvalue weighted by Gasteiger charge is -2.08. The summed E-state index contributed by atoms with van der Waals surface area (Å²) in [6.07, 6.45) is 0. The number of carbonyl (C=O) groups is 3. The Hall–Kier alpha value is -3.40. The van der Waals surface area contributed by atoms with Crippen LogP contribution in [0.3, 0.4) is 0 Å². The molecule has 30 heavy (non-hydrogen) atoms. The molecule has 0 aliphatic carbocycles. The highest BCUT2D eigenvalue weighted by molar-refractivity contribution is 7.99. The van der Waals surface area contributed by atoms with Gasteiger partial charge in [-0.2, -0.15) is 4.98 Å². The second-order valence-corrected chi connectivity index (χ2v) is 7.28. The summed E-state index contributed by atoms with van der Waals surface area (Å²) in [5, 5.41) is 8.34. The predicted octanol–water partition coefficient (Wildman–Crippen LogP) is 3.03. The van der Waals surface area contributed by atoms with Gasteiger partial charge in [-0.25, -0.2) is 9.78 Å². The first-order chi connectivity index (χ1) is 14.4. The average molecular weight is 427 g/mol. The minimum atomic E-state index is -0.562. The third-order valence-electron chi connectivity index (χ3n) is 4.20. The molecule has 10 heteroatoms. The van der Waals surface area contributed by atoms with E-state index in [1.165, 1.54) is 0 Å². The summed E-state index contributed by atoms with van der Waals surface area (Å²) in [6, 6.07) is 8.20. The molecular formula is C20H21N5O4S. The van der Waals surface area contributed by atoms with Crippen LogP contribution >= 0.6 is 11.8 Å². The third-order valence-corrected chi connectivity index (χ3v) is 5.05. The normalized spacial score (nSPS) is 10.6. The largest absolute Gasteiger partial charge is 0.443 e. The molecule has 0 saturated carbocycles. The second-order valence-electron chi connectivity index (χ2n) is 6.33. The molecule has 156 valence electrons. The lowest BCUT2D eigenvalue weighted by molar-refractivity contribution is -0.117. The Morgan fingerprint density at radius 1 is 1.10 bits per heavy atom. The Kier molecular flexibility index (Phi) is 6.68. The van der Waals surface area contributed by atoms with Crippen molar-refractivity contribution in [1.82, 2.24) is 20.6 Å². The monoisotopic (exact) mass is 427 g/mol. The molecule has 0 saturated heterocycles. The van der Waals surface area contributed by atoms with Gasteiger partial charge in [0.1, 0.15) is 11.6 Å². The highest BCUT2D eigenvalue weighted by atomic mass is 32.2. The molecule has 1 aromatic carbocycles. The van der Waals surface area contributed by atoms with Gasteiger partial charge in [0.2, 0.25) is 11.6 Å². The fourth-order valence-electron chi connectivity index (χ4n) is 2.65. The first-order valence-corrected chi connectivity index (χ1v) is 10.2. The molecule has 0 aliphatic rings. The number of urea groups is 1. The molecule has 0 radical (unpaired) electrons. The van der Waals surface area contributed by atoms with E-state index >= 15 is 0 Å². The fraction of sp³-hybridized carbons (Fsp3) is 0.250. The molecule has 3 aromatic rings. The van der Waals surface area contributed by atoms with Crippen LogP contribution < -0.4 is 16.0 Å². The summed E-state index contributed by atoms with van der Waals surface area (Å²) in [7, 11) is 0. The number of anilines is 1. The van der Waals surface area contributed by atoms with Gasteiger partial charge < -0.3 is 15.1 Å². The minimum absolute atomic E-state index is 0.0760. The van der Waals surface area contributed by atoms with Gasteiger partial charge in [0.15, 0.2) is 5.16 Å². The van der Waals surface area contributed by atoms with Crippen LogP contribution in [0.25, 0.3) is 11.1 Å². The number of hydrogen-bond acceptors (Lipinski definition) is 7. The topological polar surface area (TPSA) is 126 Å². The Morgan fingerprint density at radius 2 is 1.83 bits per heavy atom. The number of fused-ring (bicyclic) bond motifs is 1. The van der Waals surface area contributed by atoms with Crippen molar-refractivity contribution >= 4 is 46.5 Å².